The first-order valence-electron chi connectivity index (χ1n) is 9.42. The van der Waals surface area contributed by atoms with Gasteiger partial charge in [-0.1, -0.05) is 11.3 Å². The molecule has 2 aromatic rings. The fourth-order valence-corrected chi connectivity index (χ4v) is 3.90. The quantitative estimate of drug-likeness (QED) is 0.811. The van der Waals surface area contributed by atoms with Gasteiger partial charge in [-0.05, 0) is 25.0 Å². The average Bonchev–Trinajstić information content (AvgIpc) is 3.24. The Balaban J connectivity index is 1.32. The third-order valence-corrected chi connectivity index (χ3v) is 5.35. The molecule has 3 amide bonds. The zero-order valence-corrected chi connectivity index (χ0v) is 16.0. The van der Waals surface area contributed by atoms with Crippen molar-refractivity contribution < 1.29 is 14.3 Å². The van der Waals surface area contributed by atoms with Crippen molar-refractivity contribution in [2.24, 2.45) is 7.05 Å². The summed E-state index contributed by atoms with van der Waals surface area (Å²) in [6, 6.07) is 6.91. The van der Waals surface area contributed by atoms with Gasteiger partial charge < -0.3 is 20.3 Å². The largest absolute Gasteiger partial charge is 0.497 e. The number of methoxy groups -OCH3 is 1. The van der Waals surface area contributed by atoms with Crippen LogP contribution in [0.4, 0.5) is 10.5 Å². The van der Waals surface area contributed by atoms with Gasteiger partial charge in [-0.15, -0.1) is 5.10 Å². The molecule has 2 heterocycles. The van der Waals surface area contributed by atoms with Crippen LogP contribution >= 0.6 is 0 Å². The molecule has 1 fully saturated rings. The molecule has 1 aromatic heterocycles. The van der Waals surface area contributed by atoms with Crippen LogP contribution in [0.5, 0.6) is 5.75 Å². The minimum atomic E-state index is -0.248. The second kappa shape index (κ2) is 7.49. The smallest absolute Gasteiger partial charge is 0.315 e. The van der Waals surface area contributed by atoms with Crippen molar-refractivity contribution in [3.05, 3.63) is 35.7 Å². The molecule has 148 valence electrons. The van der Waals surface area contributed by atoms with E-state index in [-0.39, 0.29) is 30.4 Å². The minimum absolute atomic E-state index is 0.0135. The van der Waals surface area contributed by atoms with Gasteiger partial charge in [0.15, 0.2) is 0 Å². The summed E-state index contributed by atoms with van der Waals surface area (Å²) in [5, 5.41) is 14.1. The molecule has 2 unspecified atom stereocenters. The second-order valence-corrected chi connectivity index (χ2v) is 7.27. The number of aryl methyl sites for hydroxylation is 1. The molecule has 2 N–H and O–H groups in total. The first kappa shape index (κ1) is 18.3. The summed E-state index contributed by atoms with van der Waals surface area (Å²) in [6.07, 6.45) is 2.65. The van der Waals surface area contributed by atoms with Gasteiger partial charge in [-0.25, -0.2) is 4.79 Å². The highest BCUT2D eigenvalue weighted by Crippen LogP contribution is 2.25. The number of benzene rings is 1. The van der Waals surface area contributed by atoms with Crippen LogP contribution in [0.15, 0.2) is 24.3 Å². The summed E-state index contributed by atoms with van der Waals surface area (Å²) in [5.41, 5.74) is 2.85. The standard InChI is InChI=1S/C19H24N6O3/c1-24-17-7-6-12(8-16(17)22-23-24)20-19(27)21-13-9-18(26)25(11-13)14-4-3-5-15(10-14)28-2/h3-5,10,12-13H,6-9,11H2,1-2H3,(H2,20,21,27). The summed E-state index contributed by atoms with van der Waals surface area (Å²) in [4.78, 5) is 26.5. The molecule has 2 atom stereocenters. The van der Waals surface area contributed by atoms with Crippen LogP contribution in [0.2, 0.25) is 0 Å². The summed E-state index contributed by atoms with van der Waals surface area (Å²) in [6.45, 7) is 0.443. The Morgan fingerprint density at radius 3 is 2.89 bits per heavy atom. The van der Waals surface area contributed by atoms with E-state index in [1.165, 1.54) is 0 Å². The third-order valence-electron chi connectivity index (χ3n) is 5.35. The van der Waals surface area contributed by atoms with Crippen LogP contribution in [0, 0.1) is 0 Å². The van der Waals surface area contributed by atoms with Crippen molar-refractivity contribution in [1.82, 2.24) is 25.6 Å². The first-order valence-corrected chi connectivity index (χ1v) is 9.42. The maximum Gasteiger partial charge on any atom is 0.315 e. The summed E-state index contributed by atoms with van der Waals surface area (Å²) in [5.74, 6) is 0.681. The number of rotatable bonds is 4. The van der Waals surface area contributed by atoms with Crippen molar-refractivity contribution >= 4 is 17.6 Å². The molecule has 28 heavy (non-hydrogen) atoms. The van der Waals surface area contributed by atoms with E-state index in [4.69, 9.17) is 4.74 Å². The Kier molecular flexibility index (Phi) is 4.89. The monoisotopic (exact) mass is 384 g/mol. The maximum atomic E-state index is 12.4. The summed E-state index contributed by atoms with van der Waals surface area (Å²) in [7, 11) is 3.48. The predicted molar refractivity (Wildman–Crippen MR) is 102 cm³/mol. The predicted octanol–water partition coefficient (Wildman–Crippen LogP) is 0.786. The number of amides is 3. The van der Waals surface area contributed by atoms with Gasteiger partial charge in [-0.3, -0.25) is 9.48 Å². The number of carbonyl (C=O) groups excluding carboxylic acids is 2. The lowest BCUT2D eigenvalue weighted by atomic mass is 9.96. The number of fused-ring (bicyclic) bond motifs is 1. The molecule has 4 rings (SSSR count). The Labute approximate surface area is 163 Å². The summed E-state index contributed by atoms with van der Waals surface area (Å²) >= 11 is 0. The van der Waals surface area contributed by atoms with Crippen molar-refractivity contribution in [3.8, 4) is 5.75 Å². The Bertz CT molecular complexity index is 896. The summed E-state index contributed by atoms with van der Waals surface area (Å²) < 4.78 is 7.02. The fourth-order valence-electron chi connectivity index (χ4n) is 3.90. The van der Waals surface area contributed by atoms with Crippen LogP contribution in [0.3, 0.4) is 0 Å². The van der Waals surface area contributed by atoms with E-state index in [0.29, 0.717) is 18.7 Å². The number of carbonyl (C=O) groups is 2. The van der Waals surface area contributed by atoms with E-state index in [0.717, 1.165) is 29.9 Å². The van der Waals surface area contributed by atoms with Gasteiger partial charge in [0.1, 0.15) is 5.75 Å². The fraction of sp³-hybridized carbons (Fsp3) is 0.474. The zero-order chi connectivity index (χ0) is 19.7. The Morgan fingerprint density at radius 2 is 2.07 bits per heavy atom. The molecule has 9 nitrogen and oxygen atoms in total. The van der Waals surface area contributed by atoms with Crippen LogP contribution in [0.1, 0.15) is 24.2 Å². The lowest BCUT2D eigenvalue weighted by Crippen LogP contribution is -2.48. The number of urea groups is 1. The molecule has 9 heteroatoms. The molecule has 1 aliphatic heterocycles. The van der Waals surface area contributed by atoms with Gasteiger partial charge in [0.25, 0.3) is 0 Å². The molecule has 0 saturated carbocycles. The number of nitrogens with one attached hydrogen (secondary N) is 2. The molecule has 1 aliphatic carbocycles. The van der Waals surface area contributed by atoms with E-state index in [2.05, 4.69) is 20.9 Å². The molecule has 1 aromatic carbocycles. The van der Waals surface area contributed by atoms with E-state index in [1.807, 2.05) is 31.3 Å². The normalized spacial score (nSPS) is 21.4. The van der Waals surface area contributed by atoms with Crippen LogP contribution in [-0.4, -0.2) is 52.7 Å². The number of hydrogen-bond acceptors (Lipinski definition) is 5. The Morgan fingerprint density at radius 1 is 1.25 bits per heavy atom. The van der Waals surface area contributed by atoms with E-state index >= 15 is 0 Å². The number of nitrogens with zero attached hydrogens (tertiary/aromatic N) is 4. The van der Waals surface area contributed by atoms with Gasteiger partial charge >= 0.3 is 6.03 Å². The van der Waals surface area contributed by atoms with Crippen molar-refractivity contribution in [1.29, 1.82) is 0 Å². The molecule has 0 spiro atoms. The molecular weight excluding hydrogens is 360 g/mol. The highest BCUT2D eigenvalue weighted by molar-refractivity contribution is 5.97. The zero-order valence-electron chi connectivity index (χ0n) is 16.0. The van der Waals surface area contributed by atoms with Crippen molar-refractivity contribution in [2.75, 3.05) is 18.6 Å². The van der Waals surface area contributed by atoms with E-state index < -0.39 is 0 Å². The van der Waals surface area contributed by atoms with Crippen molar-refractivity contribution in [2.45, 2.75) is 37.8 Å². The van der Waals surface area contributed by atoms with Crippen LogP contribution in [-0.2, 0) is 24.7 Å². The van der Waals surface area contributed by atoms with Crippen molar-refractivity contribution in [3.63, 3.8) is 0 Å². The second-order valence-electron chi connectivity index (χ2n) is 7.27. The number of aromatic nitrogens is 3. The number of hydrogen-bond donors (Lipinski definition) is 2. The molecular formula is C19H24N6O3. The molecule has 0 radical (unpaired) electrons. The maximum absolute atomic E-state index is 12.4. The SMILES string of the molecule is COc1cccc(N2CC(NC(=O)NC3CCc4c(nnn4C)C3)CC2=O)c1. The molecule has 2 aliphatic rings. The Hall–Kier alpha value is -3.10. The van der Waals surface area contributed by atoms with Gasteiger partial charge in [0.2, 0.25) is 5.91 Å². The minimum Gasteiger partial charge on any atom is -0.497 e. The van der Waals surface area contributed by atoms with E-state index in [9.17, 15) is 9.59 Å². The van der Waals surface area contributed by atoms with Gasteiger partial charge in [0.05, 0.1) is 24.5 Å². The van der Waals surface area contributed by atoms with Gasteiger partial charge in [0, 0.05) is 44.2 Å². The third kappa shape index (κ3) is 3.64. The lowest BCUT2D eigenvalue weighted by Gasteiger charge is -2.24. The average molecular weight is 384 g/mol. The highest BCUT2D eigenvalue weighted by Gasteiger charge is 2.32. The van der Waals surface area contributed by atoms with E-state index in [1.54, 1.807) is 16.7 Å². The molecule has 0 bridgehead atoms. The topological polar surface area (TPSA) is 101 Å². The number of ether oxygens (including phenoxy) is 1. The first-order chi connectivity index (χ1) is 13.5. The number of anilines is 1. The molecule has 1 saturated heterocycles. The van der Waals surface area contributed by atoms with Crippen LogP contribution in [0.25, 0.3) is 0 Å². The highest BCUT2D eigenvalue weighted by atomic mass is 16.5. The van der Waals surface area contributed by atoms with Gasteiger partial charge in [-0.2, -0.15) is 0 Å². The lowest BCUT2D eigenvalue weighted by molar-refractivity contribution is -0.117. The van der Waals surface area contributed by atoms with Crippen LogP contribution < -0.4 is 20.3 Å².